The van der Waals surface area contributed by atoms with Crippen molar-refractivity contribution in [2.75, 3.05) is 0 Å². The van der Waals surface area contributed by atoms with Gasteiger partial charge in [-0.25, -0.2) is 8.78 Å². The van der Waals surface area contributed by atoms with Crippen molar-refractivity contribution in [2.45, 2.75) is 20.4 Å². The van der Waals surface area contributed by atoms with Crippen LogP contribution in [0, 0.1) is 25.5 Å². The maximum atomic E-state index is 13.0. The number of aryl methyl sites for hydroxylation is 2. The van der Waals surface area contributed by atoms with Crippen LogP contribution >= 0.6 is 0 Å². The Hall–Kier alpha value is -2.77. The van der Waals surface area contributed by atoms with Crippen LogP contribution in [-0.2, 0) is 11.3 Å². The summed E-state index contributed by atoms with van der Waals surface area (Å²) in [5, 5.41) is 4.11. The molecule has 0 saturated carbocycles. The summed E-state index contributed by atoms with van der Waals surface area (Å²) >= 11 is 0. The van der Waals surface area contributed by atoms with Gasteiger partial charge in [0.05, 0.1) is 5.69 Å². The Bertz CT molecular complexity index is 728. The van der Waals surface area contributed by atoms with Crippen LogP contribution in [0.2, 0.25) is 0 Å². The van der Waals surface area contributed by atoms with Crippen molar-refractivity contribution in [3.63, 3.8) is 0 Å². The average Bonchev–Trinajstić information content (AvgIpc) is 2.77. The Morgan fingerprint density at radius 1 is 1.14 bits per heavy atom. The molecule has 0 atom stereocenters. The normalized spacial score (nSPS) is 10.4. The molecule has 0 spiro atoms. The highest BCUT2D eigenvalue weighted by molar-refractivity contribution is 5.95. The average molecular weight is 308 g/mol. The number of hydrazine groups is 1. The summed E-state index contributed by atoms with van der Waals surface area (Å²) in [5.41, 5.74) is 5.78. The van der Waals surface area contributed by atoms with Gasteiger partial charge in [0, 0.05) is 11.3 Å². The molecule has 0 fully saturated rings. The lowest BCUT2D eigenvalue weighted by Crippen LogP contribution is -2.43. The maximum absolute atomic E-state index is 13.0. The van der Waals surface area contributed by atoms with Gasteiger partial charge in [-0.3, -0.25) is 25.1 Å². The fraction of sp³-hybridized carbons (Fsp3) is 0.214. The minimum absolute atomic E-state index is 0.0717. The summed E-state index contributed by atoms with van der Waals surface area (Å²) in [6.07, 6.45) is 0. The van der Waals surface area contributed by atoms with E-state index in [1.807, 2.05) is 6.07 Å². The highest BCUT2D eigenvalue weighted by atomic mass is 19.2. The first-order valence-electron chi connectivity index (χ1n) is 6.42. The molecule has 0 unspecified atom stereocenters. The minimum Gasteiger partial charge on any atom is -0.271 e. The standard InChI is InChI=1S/C14H14F2N4O2/c1-8-5-9(2)20(19-8)7-13(21)17-18-14(22)10-3-4-11(15)12(16)6-10/h3-6H,7H2,1-2H3,(H,17,21)(H,18,22). The van der Waals surface area contributed by atoms with Crippen LogP contribution in [0.3, 0.4) is 0 Å². The summed E-state index contributed by atoms with van der Waals surface area (Å²) in [5.74, 6) is -3.44. The van der Waals surface area contributed by atoms with Crippen molar-refractivity contribution in [3.05, 3.63) is 52.9 Å². The highest BCUT2D eigenvalue weighted by Gasteiger charge is 2.11. The SMILES string of the molecule is Cc1cc(C)n(CC(=O)NNC(=O)c2ccc(F)c(F)c2)n1. The lowest BCUT2D eigenvalue weighted by molar-refractivity contribution is -0.122. The Morgan fingerprint density at radius 2 is 1.86 bits per heavy atom. The number of nitrogens with zero attached hydrogens (tertiary/aromatic N) is 2. The number of rotatable bonds is 3. The van der Waals surface area contributed by atoms with Gasteiger partial charge in [0.25, 0.3) is 11.8 Å². The number of amides is 2. The van der Waals surface area contributed by atoms with Crippen LogP contribution in [0.1, 0.15) is 21.7 Å². The summed E-state index contributed by atoms with van der Waals surface area (Å²) in [6.45, 7) is 3.52. The fourth-order valence-corrected chi connectivity index (χ4v) is 1.85. The van der Waals surface area contributed by atoms with Crippen LogP contribution in [-0.4, -0.2) is 21.6 Å². The zero-order valence-corrected chi connectivity index (χ0v) is 12.0. The molecule has 0 aliphatic carbocycles. The van der Waals surface area contributed by atoms with E-state index in [0.717, 1.165) is 29.6 Å². The number of hydrogen-bond donors (Lipinski definition) is 2. The predicted octanol–water partition coefficient (Wildman–Crippen LogP) is 1.24. The van der Waals surface area contributed by atoms with Crippen LogP contribution < -0.4 is 10.9 Å². The molecule has 0 radical (unpaired) electrons. The van der Waals surface area contributed by atoms with Crippen molar-refractivity contribution in [1.29, 1.82) is 0 Å². The molecule has 6 nitrogen and oxygen atoms in total. The highest BCUT2D eigenvalue weighted by Crippen LogP contribution is 2.08. The third-order valence-electron chi connectivity index (χ3n) is 2.89. The van der Waals surface area contributed by atoms with Crippen LogP contribution in [0.4, 0.5) is 8.78 Å². The molecule has 2 N–H and O–H groups in total. The van der Waals surface area contributed by atoms with Gasteiger partial charge in [0.1, 0.15) is 6.54 Å². The molecule has 1 aromatic heterocycles. The first-order valence-corrected chi connectivity index (χ1v) is 6.42. The van der Waals surface area contributed by atoms with Gasteiger partial charge in [0.2, 0.25) is 0 Å². The van der Waals surface area contributed by atoms with Crippen LogP contribution in [0.15, 0.2) is 24.3 Å². The molecule has 1 heterocycles. The summed E-state index contributed by atoms with van der Waals surface area (Å²) in [7, 11) is 0. The van der Waals surface area contributed by atoms with Gasteiger partial charge in [-0.05, 0) is 38.1 Å². The minimum atomic E-state index is -1.14. The second-order valence-electron chi connectivity index (χ2n) is 4.72. The Labute approximate surface area is 125 Å². The first-order chi connectivity index (χ1) is 10.4. The second kappa shape index (κ2) is 6.33. The van der Waals surface area contributed by atoms with E-state index in [1.54, 1.807) is 13.8 Å². The van der Waals surface area contributed by atoms with Gasteiger partial charge in [0.15, 0.2) is 11.6 Å². The number of nitrogens with one attached hydrogen (secondary N) is 2. The monoisotopic (exact) mass is 308 g/mol. The van der Waals surface area contributed by atoms with Crippen LogP contribution in [0.5, 0.6) is 0 Å². The van der Waals surface area contributed by atoms with E-state index < -0.39 is 23.4 Å². The molecule has 0 saturated heterocycles. The van der Waals surface area contributed by atoms with Gasteiger partial charge in [-0.2, -0.15) is 5.10 Å². The molecule has 22 heavy (non-hydrogen) atoms. The number of halogens is 2. The zero-order chi connectivity index (χ0) is 16.3. The van der Waals surface area contributed by atoms with E-state index in [0.29, 0.717) is 0 Å². The van der Waals surface area contributed by atoms with E-state index in [2.05, 4.69) is 16.0 Å². The largest absolute Gasteiger partial charge is 0.271 e. The maximum Gasteiger partial charge on any atom is 0.269 e. The lowest BCUT2D eigenvalue weighted by Gasteiger charge is -2.08. The number of carbonyl (C=O) groups is 2. The molecule has 2 aromatic rings. The topological polar surface area (TPSA) is 76.0 Å². The van der Waals surface area contributed by atoms with Crippen molar-refractivity contribution in [3.8, 4) is 0 Å². The molecule has 2 rings (SSSR count). The molecule has 8 heteroatoms. The van der Waals surface area contributed by atoms with Gasteiger partial charge >= 0.3 is 0 Å². The van der Waals surface area contributed by atoms with Gasteiger partial charge in [-0.15, -0.1) is 0 Å². The molecule has 0 aliphatic rings. The van der Waals surface area contributed by atoms with Gasteiger partial charge < -0.3 is 0 Å². The Morgan fingerprint density at radius 3 is 2.45 bits per heavy atom. The third-order valence-corrected chi connectivity index (χ3v) is 2.89. The van der Waals surface area contributed by atoms with Gasteiger partial charge in [-0.1, -0.05) is 0 Å². The quantitative estimate of drug-likeness (QED) is 0.838. The molecular formula is C14H14F2N4O2. The first kappa shape index (κ1) is 15.6. The molecule has 116 valence electrons. The Balaban J connectivity index is 1.91. The summed E-state index contributed by atoms with van der Waals surface area (Å²) in [4.78, 5) is 23.4. The fourth-order valence-electron chi connectivity index (χ4n) is 1.85. The zero-order valence-electron chi connectivity index (χ0n) is 12.0. The van der Waals surface area contributed by atoms with E-state index in [1.165, 1.54) is 4.68 Å². The molecular weight excluding hydrogens is 294 g/mol. The summed E-state index contributed by atoms with van der Waals surface area (Å²) in [6, 6.07) is 4.51. The number of benzene rings is 1. The lowest BCUT2D eigenvalue weighted by atomic mass is 10.2. The van der Waals surface area contributed by atoms with Crippen molar-refractivity contribution in [2.24, 2.45) is 0 Å². The molecule has 0 bridgehead atoms. The smallest absolute Gasteiger partial charge is 0.269 e. The van der Waals surface area contributed by atoms with E-state index >= 15 is 0 Å². The number of carbonyl (C=O) groups excluding carboxylic acids is 2. The van der Waals surface area contributed by atoms with Crippen molar-refractivity contribution >= 4 is 11.8 Å². The second-order valence-corrected chi connectivity index (χ2v) is 4.72. The summed E-state index contributed by atoms with van der Waals surface area (Å²) < 4.78 is 27.3. The third kappa shape index (κ3) is 3.66. The number of hydrogen-bond acceptors (Lipinski definition) is 3. The van der Waals surface area contributed by atoms with E-state index in [4.69, 9.17) is 0 Å². The van der Waals surface area contributed by atoms with Crippen molar-refractivity contribution in [1.82, 2.24) is 20.6 Å². The van der Waals surface area contributed by atoms with E-state index in [-0.39, 0.29) is 12.1 Å². The van der Waals surface area contributed by atoms with E-state index in [9.17, 15) is 18.4 Å². The van der Waals surface area contributed by atoms with Crippen molar-refractivity contribution < 1.29 is 18.4 Å². The number of aromatic nitrogens is 2. The molecule has 0 aliphatic heterocycles. The van der Waals surface area contributed by atoms with Crippen LogP contribution in [0.25, 0.3) is 0 Å². The molecule has 1 aromatic carbocycles. The molecule has 2 amide bonds. The Kier molecular flexibility index (Phi) is 4.50. The predicted molar refractivity (Wildman–Crippen MR) is 73.7 cm³/mol.